The maximum atomic E-state index is 4.67. The summed E-state index contributed by atoms with van der Waals surface area (Å²) in [5.74, 6) is 0.786. The van der Waals surface area contributed by atoms with Crippen LogP contribution in [0.15, 0.2) is 54.6 Å². The van der Waals surface area contributed by atoms with E-state index >= 15 is 0 Å². The first-order valence-electron chi connectivity index (χ1n) is 7.94. The number of aromatic nitrogens is 5. The van der Waals surface area contributed by atoms with Crippen LogP contribution in [0.1, 0.15) is 0 Å². The van der Waals surface area contributed by atoms with Gasteiger partial charge in [0.2, 0.25) is 0 Å². The third-order valence-electron chi connectivity index (χ3n) is 4.23. The maximum absolute atomic E-state index is 4.67. The fourth-order valence-electron chi connectivity index (χ4n) is 3.01. The van der Waals surface area contributed by atoms with Gasteiger partial charge in [-0.1, -0.05) is 18.2 Å². The second kappa shape index (κ2) is 6.31. The van der Waals surface area contributed by atoms with Gasteiger partial charge in [0.1, 0.15) is 9.39 Å². The normalized spacial score (nSPS) is 11.5. The lowest BCUT2D eigenvalue weighted by atomic mass is 10.0. The zero-order chi connectivity index (χ0) is 17.7. The summed E-state index contributed by atoms with van der Waals surface area (Å²) in [5, 5.41) is 0. The van der Waals surface area contributed by atoms with Crippen LogP contribution in [0.5, 0.6) is 0 Å². The largest absolute Gasteiger partial charge is 0.337 e. The summed E-state index contributed by atoms with van der Waals surface area (Å²) in [6.45, 7) is 0. The number of fused-ring (bicyclic) bond motifs is 2. The highest BCUT2D eigenvalue weighted by Crippen LogP contribution is 2.27. The number of pyridine rings is 1. The zero-order valence-electron chi connectivity index (χ0n) is 13.3. The van der Waals surface area contributed by atoms with Gasteiger partial charge in [-0.2, -0.15) is 0 Å². The second-order valence-corrected chi connectivity index (χ2v) is 8.05. The van der Waals surface area contributed by atoms with Crippen molar-refractivity contribution in [3.05, 3.63) is 62.1 Å². The Balaban J connectivity index is 1.60. The fourth-order valence-corrected chi connectivity index (χ4v) is 4.03. The molecule has 5 nitrogen and oxygen atoms in total. The summed E-state index contributed by atoms with van der Waals surface area (Å²) in [7, 11) is 0. The molecule has 0 bridgehead atoms. The molecule has 0 aliphatic heterocycles. The number of rotatable bonds is 2. The SMILES string of the molecule is Ic1cccc(-c2nc3ccc(-c4ccc5nc(I)[nH]c5c4)cc3[nH]2)n1. The highest BCUT2D eigenvalue weighted by Gasteiger charge is 2.09. The summed E-state index contributed by atoms with van der Waals surface area (Å²) < 4.78 is 1.84. The molecular formula is C19H11I2N5. The molecule has 0 radical (unpaired) electrons. The number of H-pyrrole nitrogens is 2. The molecule has 126 valence electrons. The third kappa shape index (κ3) is 2.88. The summed E-state index contributed by atoms with van der Waals surface area (Å²) in [6.07, 6.45) is 0. The lowest BCUT2D eigenvalue weighted by molar-refractivity contribution is 1.21. The van der Waals surface area contributed by atoms with Crippen molar-refractivity contribution in [3.8, 4) is 22.6 Å². The lowest BCUT2D eigenvalue weighted by Crippen LogP contribution is -1.87. The molecule has 3 aromatic heterocycles. The first-order valence-corrected chi connectivity index (χ1v) is 10.1. The maximum Gasteiger partial charge on any atom is 0.169 e. The number of benzene rings is 2. The average molecular weight is 563 g/mol. The highest BCUT2D eigenvalue weighted by atomic mass is 127. The predicted octanol–water partition coefficient (Wildman–Crippen LogP) is 5.38. The fraction of sp³-hybridized carbons (Fsp3) is 0. The van der Waals surface area contributed by atoms with Gasteiger partial charge < -0.3 is 9.97 Å². The molecule has 7 heteroatoms. The molecule has 0 fully saturated rings. The van der Waals surface area contributed by atoms with E-state index in [0.717, 1.165) is 52.2 Å². The molecule has 0 atom stereocenters. The van der Waals surface area contributed by atoms with Crippen molar-refractivity contribution in [2.75, 3.05) is 0 Å². The van der Waals surface area contributed by atoms with E-state index < -0.39 is 0 Å². The number of aromatic amines is 2. The molecule has 5 rings (SSSR count). The number of nitrogens with zero attached hydrogens (tertiary/aromatic N) is 3. The van der Waals surface area contributed by atoms with E-state index in [9.17, 15) is 0 Å². The topological polar surface area (TPSA) is 70.2 Å². The van der Waals surface area contributed by atoms with E-state index in [1.54, 1.807) is 0 Å². The van der Waals surface area contributed by atoms with Gasteiger partial charge in [-0.05, 0) is 92.7 Å². The van der Waals surface area contributed by atoms with Crippen molar-refractivity contribution in [1.29, 1.82) is 0 Å². The van der Waals surface area contributed by atoms with Crippen molar-refractivity contribution >= 4 is 67.2 Å². The molecule has 0 unspecified atom stereocenters. The van der Waals surface area contributed by atoms with E-state index in [-0.39, 0.29) is 0 Å². The monoisotopic (exact) mass is 563 g/mol. The third-order valence-corrected chi connectivity index (χ3v) is 5.34. The molecular weight excluding hydrogens is 552 g/mol. The molecule has 0 aliphatic rings. The Morgan fingerprint density at radius 2 is 1.38 bits per heavy atom. The molecule has 3 heterocycles. The Labute approximate surface area is 176 Å². The molecule has 0 saturated carbocycles. The van der Waals surface area contributed by atoms with Gasteiger partial charge in [-0.25, -0.2) is 15.0 Å². The number of imidazole rings is 2. The first-order chi connectivity index (χ1) is 12.7. The molecule has 2 N–H and O–H groups in total. The van der Waals surface area contributed by atoms with Crippen LogP contribution in [-0.2, 0) is 0 Å². The van der Waals surface area contributed by atoms with Crippen molar-refractivity contribution in [1.82, 2.24) is 24.9 Å². The van der Waals surface area contributed by atoms with Crippen LogP contribution < -0.4 is 0 Å². The lowest BCUT2D eigenvalue weighted by Gasteiger charge is -2.01. The number of nitrogens with one attached hydrogen (secondary N) is 2. The molecule has 0 aliphatic carbocycles. The number of halogens is 2. The summed E-state index contributed by atoms with van der Waals surface area (Å²) >= 11 is 4.41. The first kappa shape index (κ1) is 16.2. The summed E-state index contributed by atoms with van der Waals surface area (Å²) in [6, 6.07) is 18.5. The molecule has 0 amide bonds. The standard InChI is InChI=1S/C19H11I2N5/c20-17-3-1-2-14(22-17)18-23-12-6-4-10(8-15(12)24-18)11-5-7-13-16(9-11)26-19(21)25-13/h1-9H,(H,23,24)(H,25,26). The minimum Gasteiger partial charge on any atom is -0.337 e. The molecule has 0 saturated heterocycles. The van der Waals surface area contributed by atoms with Crippen LogP contribution in [0.3, 0.4) is 0 Å². The van der Waals surface area contributed by atoms with Crippen LogP contribution in [0.4, 0.5) is 0 Å². The summed E-state index contributed by atoms with van der Waals surface area (Å²) in [4.78, 5) is 20.3. The summed E-state index contributed by atoms with van der Waals surface area (Å²) in [5.41, 5.74) is 7.08. The van der Waals surface area contributed by atoms with E-state index in [0.29, 0.717) is 0 Å². The number of hydrogen-bond donors (Lipinski definition) is 2. The Hall–Kier alpha value is -2.01. The van der Waals surface area contributed by atoms with Crippen LogP contribution in [0, 0.1) is 7.53 Å². The van der Waals surface area contributed by atoms with Crippen LogP contribution in [0.2, 0.25) is 0 Å². The second-order valence-electron chi connectivity index (χ2n) is 5.92. The van der Waals surface area contributed by atoms with Gasteiger partial charge in [0.05, 0.1) is 22.1 Å². The van der Waals surface area contributed by atoms with Gasteiger partial charge in [0.25, 0.3) is 0 Å². The van der Waals surface area contributed by atoms with Gasteiger partial charge in [0, 0.05) is 0 Å². The number of hydrogen-bond acceptors (Lipinski definition) is 3. The van der Waals surface area contributed by atoms with Crippen LogP contribution in [0.25, 0.3) is 44.7 Å². The van der Waals surface area contributed by atoms with Gasteiger partial charge in [0.15, 0.2) is 9.66 Å². The highest BCUT2D eigenvalue weighted by molar-refractivity contribution is 14.1. The molecule has 26 heavy (non-hydrogen) atoms. The molecule has 0 spiro atoms. The Kier molecular flexibility index (Phi) is 3.92. The van der Waals surface area contributed by atoms with E-state index in [4.69, 9.17) is 0 Å². The van der Waals surface area contributed by atoms with Crippen molar-refractivity contribution in [3.63, 3.8) is 0 Å². The smallest absolute Gasteiger partial charge is 0.169 e. The minimum atomic E-state index is 0.786. The quantitative estimate of drug-likeness (QED) is 0.224. The van der Waals surface area contributed by atoms with Gasteiger partial charge >= 0.3 is 0 Å². The zero-order valence-corrected chi connectivity index (χ0v) is 17.6. The predicted molar refractivity (Wildman–Crippen MR) is 120 cm³/mol. The Bertz CT molecular complexity index is 1270. The van der Waals surface area contributed by atoms with Crippen LogP contribution in [-0.4, -0.2) is 24.9 Å². The Morgan fingerprint density at radius 3 is 2.12 bits per heavy atom. The molecule has 2 aromatic carbocycles. The Morgan fingerprint density at radius 1 is 0.692 bits per heavy atom. The molecule has 5 aromatic rings. The van der Waals surface area contributed by atoms with Crippen molar-refractivity contribution in [2.45, 2.75) is 0 Å². The van der Waals surface area contributed by atoms with Crippen LogP contribution >= 0.6 is 45.2 Å². The minimum absolute atomic E-state index is 0.786. The van der Waals surface area contributed by atoms with Gasteiger partial charge in [-0.3, -0.25) is 0 Å². The van der Waals surface area contributed by atoms with E-state index in [2.05, 4.69) is 94.4 Å². The van der Waals surface area contributed by atoms with Crippen molar-refractivity contribution < 1.29 is 0 Å². The van der Waals surface area contributed by atoms with Crippen molar-refractivity contribution in [2.24, 2.45) is 0 Å². The average Bonchev–Trinajstić information content (AvgIpc) is 3.22. The van der Waals surface area contributed by atoms with Gasteiger partial charge in [-0.15, -0.1) is 0 Å². The van der Waals surface area contributed by atoms with E-state index in [1.807, 2.05) is 30.3 Å². The van der Waals surface area contributed by atoms with E-state index in [1.165, 1.54) is 0 Å².